The van der Waals surface area contributed by atoms with Crippen molar-refractivity contribution in [2.45, 2.75) is 19.9 Å². The summed E-state index contributed by atoms with van der Waals surface area (Å²) in [6, 6.07) is 11.6. The molecule has 0 aliphatic carbocycles. The second-order valence-electron chi connectivity index (χ2n) is 6.14. The van der Waals surface area contributed by atoms with Gasteiger partial charge in [0.2, 0.25) is 5.91 Å². The zero-order valence-electron chi connectivity index (χ0n) is 14.6. The van der Waals surface area contributed by atoms with Crippen LogP contribution in [0.2, 0.25) is 5.02 Å². The van der Waals surface area contributed by atoms with Crippen molar-refractivity contribution in [2.75, 3.05) is 4.90 Å². The molecule has 1 amide bonds. The third-order valence-corrected chi connectivity index (χ3v) is 6.60. The molecule has 136 valence electrons. The summed E-state index contributed by atoms with van der Waals surface area (Å²) in [5.41, 5.74) is 2.85. The van der Waals surface area contributed by atoms with Crippen LogP contribution >= 0.6 is 34.3 Å². The Morgan fingerprint density at radius 2 is 2.11 bits per heavy atom. The van der Waals surface area contributed by atoms with Crippen LogP contribution in [-0.4, -0.2) is 15.9 Å². The predicted molar refractivity (Wildman–Crippen MR) is 113 cm³/mol. The summed E-state index contributed by atoms with van der Waals surface area (Å²) in [5.74, 6) is 0.00846. The molecule has 0 fully saturated rings. The van der Waals surface area contributed by atoms with Gasteiger partial charge in [-0.15, -0.1) is 11.3 Å². The summed E-state index contributed by atoms with van der Waals surface area (Å²) in [5, 5.41) is 3.30. The monoisotopic (exact) mass is 413 g/mol. The topological polar surface area (TPSA) is 46.1 Å². The summed E-state index contributed by atoms with van der Waals surface area (Å²) < 4.78 is 0.909. The zero-order valence-corrected chi connectivity index (χ0v) is 16.9. The molecule has 0 aliphatic rings. The quantitative estimate of drug-likeness (QED) is 0.434. The lowest BCUT2D eigenvalue weighted by molar-refractivity contribution is -0.118. The van der Waals surface area contributed by atoms with Crippen LogP contribution in [0, 0.1) is 6.92 Å². The highest BCUT2D eigenvalue weighted by molar-refractivity contribution is 7.23. The minimum absolute atomic E-state index is 0.00846. The Labute approximate surface area is 170 Å². The van der Waals surface area contributed by atoms with Crippen LogP contribution in [0.5, 0.6) is 0 Å². The molecule has 0 bridgehead atoms. The number of pyridine rings is 1. The van der Waals surface area contributed by atoms with Crippen LogP contribution in [0.25, 0.3) is 10.2 Å². The van der Waals surface area contributed by atoms with Gasteiger partial charge in [-0.2, -0.15) is 0 Å². The smallest absolute Gasteiger partial charge is 0.234 e. The van der Waals surface area contributed by atoms with Gasteiger partial charge in [-0.05, 0) is 41.6 Å². The Balaban J connectivity index is 1.74. The van der Waals surface area contributed by atoms with Crippen molar-refractivity contribution in [2.24, 2.45) is 0 Å². The second-order valence-corrected chi connectivity index (χ2v) is 8.55. The van der Waals surface area contributed by atoms with Crippen LogP contribution in [0.3, 0.4) is 0 Å². The number of thiophene rings is 1. The molecule has 27 heavy (non-hydrogen) atoms. The third-order valence-electron chi connectivity index (χ3n) is 4.19. The molecule has 3 aromatic heterocycles. The number of aromatic nitrogens is 2. The van der Waals surface area contributed by atoms with E-state index in [9.17, 15) is 4.79 Å². The molecular weight excluding hydrogens is 398 g/mol. The molecule has 0 aliphatic heterocycles. The Bertz CT molecular complexity index is 1040. The number of nitrogens with zero attached hydrogens (tertiary/aromatic N) is 3. The van der Waals surface area contributed by atoms with Gasteiger partial charge in [0.1, 0.15) is 0 Å². The Morgan fingerprint density at radius 1 is 1.22 bits per heavy atom. The first-order chi connectivity index (χ1) is 13.1. The number of anilines is 1. The Hall–Kier alpha value is -2.28. The van der Waals surface area contributed by atoms with Crippen LogP contribution in [0.4, 0.5) is 5.13 Å². The summed E-state index contributed by atoms with van der Waals surface area (Å²) in [4.78, 5) is 24.8. The summed E-state index contributed by atoms with van der Waals surface area (Å²) in [7, 11) is 0. The average molecular weight is 414 g/mol. The number of carbonyl (C=O) groups is 1. The van der Waals surface area contributed by atoms with Gasteiger partial charge in [0.25, 0.3) is 0 Å². The normalized spacial score (nSPS) is 11.0. The van der Waals surface area contributed by atoms with E-state index in [2.05, 4.69) is 4.98 Å². The van der Waals surface area contributed by atoms with Gasteiger partial charge in [-0.25, -0.2) is 4.98 Å². The van der Waals surface area contributed by atoms with Crippen LogP contribution < -0.4 is 4.90 Å². The van der Waals surface area contributed by atoms with Gasteiger partial charge in [-0.1, -0.05) is 41.1 Å². The lowest BCUT2D eigenvalue weighted by Crippen LogP contribution is -2.31. The highest BCUT2D eigenvalue weighted by Crippen LogP contribution is 2.36. The van der Waals surface area contributed by atoms with E-state index in [0.29, 0.717) is 23.1 Å². The fraction of sp³-hybridized carbons (Fsp3) is 0.150. The van der Waals surface area contributed by atoms with E-state index >= 15 is 0 Å². The first-order valence-electron chi connectivity index (χ1n) is 8.39. The molecule has 4 rings (SSSR count). The first-order valence-corrected chi connectivity index (χ1v) is 10.5. The maximum atomic E-state index is 13.1. The predicted octanol–water partition coefficient (Wildman–Crippen LogP) is 5.49. The molecule has 0 atom stereocenters. The molecule has 0 saturated carbocycles. The molecule has 0 unspecified atom stereocenters. The number of rotatable bonds is 5. The Kier molecular flexibility index (Phi) is 5.20. The van der Waals surface area contributed by atoms with E-state index in [1.807, 2.05) is 48.7 Å². The fourth-order valence-corrected chi connectivity index (χ4v) is 4.83. The van der Waals surface area contributed by atoms with Crippen molar-refractivity contribution in [3.8, 4) is 0 Å². The van der Waals surface area contributed by atoms with Crippen LogP contribution in [-0.2, 0) is 17.8 Å². The van der Waals surface area contributed by atoms with E-state index in [1.165, 1.54) is 11.3 Å². The number of carbonyl (C=O) groups excluding carboxylic acids is 1. The molecule has 0 radical (unpaired) electrons. The fourth-order valence-electron chi connectivity index (χ4n) is 2.80. The van der Waals surface area contributed by atoms with E-state index in [4.69, 9.17) is 16.6 Å². The molecule has 4 nitrogen and oxygen atoms in total. The third kappa shape index (κ3) is 3.88. The van der Waals surface area contributed by atoms with Crippen molar-refractivity contribution in [1.82, 2.24) is 9.97 Å². The number of fused-ring (bicyclic) bond motifs is 1. The van der Waals surface area contributed by atoms with Crippen molar-refractivity contribution < 1.29 is 4.79 Å². The van der Waals surface area contributed by atoms with Gasteiger partial charge in [0, 0.05) is 17.3 Å². The van der Waals surface area contributed by atoms with E-state index in [-0.39, 0.29) is 5.91 Å². The number of amides is 1. The lowest BCUT2D eigenvalue weighted by Gasteiger charge is -2.19. The second kappa shape index (κ2) is 7.76. The first kappa shape index (κ1) is 18.1. The molecule has 4 aromatic rings. The van der Waals surface area contributed by atoms with Crippen LogP contribution in [0.1, 0.15) is 16.0 Å². The molecule has 0 spiro atoms. The number of halogens is 1. The number of aryl methyl sites for hydroxylation is 1. The van der Waals surface area contributed by atoms with Crippen molar-refractivity contribution in [3.05, 3.63) is 75.2 Å². The van der Waals surface area contributed by atoms with Gasteiger partial charge in [0.05, 0.1) is 28.2 Å². The van der Waals surface area contributed by atoms with E-state index in [0.717, 1.165) is 26.2 Å². The molecule has 0 saturated heterocycles. The molecule has 7 heteroatoms. The standard InChI is InChI=1S/C20H16ClN3OS2/c1-13-6-7-16(21)19-18(13)23-20(27-19)24(12-14-4-2-8-22-11-14)17(25)10-15-5-3-9-26-15/h2-9,11H,10,12H2,1H3. The van der Waals surface area contributed by atoms with Gasteiger partial charge < -0.3 is 0 Å². The van der Waals surface area contributed by atoms with Gasteiger partial charge in [0.15, 0.2) is 5.13 Å². The summed E-state index contributed by atoms with van der Waals surface area (Å²) >= 11 is 9.39. The number of thiazole rings is 1. The molecular formula is C20H16ClN3OS2. The molecule has 0 N–H and O–H groups in total. The molecule has 3 heterocycles. The number of hydrogen-bond donors (Lipinski definition) is 0. The minimum atomic E-state index is 0.00846. The number of benzene rings is 1. The SMILES string of the molecule is Cc1ccc(Cl)c2sc(N(Cc3cccnc3)C(=O)Cc3cccs3)nc12. The Morgan fingerprint density at radius 3 is 2.81 bits per heavy atom. The van der Waals surface area contributed by atoms with E-state index in [1.54, 1.807) is 28.6 Å². The zero-order chi connectivity index (χ0) is 18.8. The maximum Gasteiger partial charge on any atom is 0.234 e. The largest absolute Gasteiger partial charge is 0.283 e. The van der Waals surface area contributed by atoms with Crippen molar-refractivity contribution in [3.63, 3.8) is 0 Å². The minimum Gasteiger partial charge on any atom is -0.283 e. The lowest BCUT2D eigenvalue weighted by atomic mass is 10.2. The van der Waals surface area contributed by atoms with Gasteiger partial charge >= 0.3 is 0 Å². The highest BCUT2D eigenvalue weighted by Gasteiger charge is 2.22. The van der Waals surface area contributed by atoms with Crippen molar-refractivity contribution in [1.29, 1.82) is 0 Å². The summed E-state index contributed by atoms with van der Waals surface area (Å²) in [6.45, 7) is 2.43. The average Bonchev–Trinajstić information content (AvgIpc) is 3.34. The van der Waals surface area contributed by atoms with Crippen molar-refractivity contribution >= 4 is 55.5 Å². The molecule has 1 aromatic carbocycles. The summed E-state index contributed by atoms with van der Waals surface area (Å²) in [6.07, 6.45) is 3.85. The highest BCUT2D eigenvalue weighted by atomic mass is 35.5. The van der Waals surface area contributed by atoms with Crippen LogP contribution in [0.15, 0.2) is 54.2 Å². The maximum absolute atomic E-state index is 13.1. The van der Waals surface area contributed by atoms with E-state index < -0.39 is 0 Å². The number of hydrogen-bond acceptors (Lipinski definition) is 5. The van der Waals surface area contributed by atoms with Gasteiger partial charge in [-0.3, -0.25) is 14.7 Å².